The second-order valence-corrected chi connectivity index (χ2v) is 6.73. The molecule has 4 saturated carbocycles. The summed E-state index contributed by atoms with van der Waals surface area (Å²) in [6.07, 6.45) is 16.8. The largest absolute Gasteiger partial charge is 0.198 e. The molecule has 0 atom stereocenters. The second kappa shape index (κ2) is 4.48. The van der Waals surface area contributed by atoms with Gasteiger partial charge in [0, 0.05) is 6.42 Å². The van der Waals surface area contributed by atoms with Gasteiger partial charge in [-0.2, -0.15) is 5.26 Å². The van der Waals surface area contributed by atoms with Crippen LogP contribution in [-0.4, -0.2) is 0 Å². The Balaban J connectivity index is 1.60. The monoisotopic (exact) mass is 229 g/mol. The molecule has 0 radical (unpaired) electrons. The molecule has 1 heteroatoms. The quantitative estimate of drug-likeness (QED) is 0.516. The zero-order valence-electron chi connectivity index (χ0n) is 10.7. The summed E-state index contributed by atoms with van der Waals surface area (Å²) in [6.45, 7) is 0. The highest BCUT2D eigenvalue weighted by molar-refractivity contribution is 5.10. The molecule has 0 N–H and O–H groups in total. The van der Waals surface area contributed by atoms with Crippen molar-refractivity contribution in [3.63, 3.8) is 0 Å². The van der Waals surface area contributed by atoms with E-state index in [1.807, 2.05) is 0 Å². The summed E-state index contributed by atoms with van der Waals surface area (Å²) < 4.78 is 0. The van der Waals surface area contributed by atoms with Crippen LogP contribution >= 0.6 is 0 Å². The lowest BCUT2D eigenvalue weighted by Crippen LogP contribution is -2.44. The minimum absolute atomic E-state index is 0.585. The number of hydrogen-bond acceptors (Lipinski definition) is 1. The highest BCUT2D eigenvalue weighted by Crippen LogP contribution is 2.60. The van der Waals surface area contributed by atoms with Crippen molar-refractivity contribution in [1.29, 1.82) is 5.26 Å². The molecule has 4 bridgehead atoms. The highest BCUT2D eigenvalue weighted by Gasteiger charge is 2.49. The zero-order valence-corrected chi connectivity index (χ0v) is 10.7. The molecule has 4 aliphatic carbocycles. The van der Waals surface area contributed by atoms with Gasteiger partial charge in [0.05, 0.1) is 6.07 Å². The first kappa shape index (κ1) is 11.3. The van der Waals surface area contributed by atoms with Crippen molar-refractivity contribution in [3.8, 4) is 6.07 Å². The van der Waals surface area contributed by atoms with Crippen molar-refractivity contribution in [2.75, 3.05) is 0 Å². The Kier molecular flexibility index (Phi) is 2.99. The molecule has 0 heterocycles. The molecule has 0 aromatic carbocycles. The molecule has 0 aliphatic heterocycles. The van der Waals surface area contributed by atoms with E-state index in [0.29, 0.717) is 11.8 Å². The van der Waals surface area contributed by atoms with Gasteiger partial charge in [-0.05, 0) is 74.5 Å². The normalized spacial score (nSPS) is 43.1. The topological polar surface area (TPSA) is 23.8 Å². The summed E-state index contributed by atoms with van der Waals surface area (Å²) in [4.78, 5) is 0. The number of nitrogens with zero attached hydrogens (tertiary/aromatic N) is 1. The van der Waals surface area contributed by atoms with Crippen molar-refractivity contribution < 1.29 is 0 Å². The van der Waals surface area contributed by atoms with Crippen LogP contribution in [0.1, 0.15) is 57.8 Å². The summed E-state index contributed by atoms with van der Waals surface area (Å²) >= 11 is 0. The minimum atomic E-state index is 0.585. The van der Waals surface area contributed by atoms with Crippen molar-refractivity contribution in [3.05, 3.63) is 12.2 Å². The maximum absolute atomic E-state index is 8.52. The zero-order chi connectivity index (χ0) is 11.7. The average molecular weight is 229 g/mol. The fraction of sp³-hybridized carbons (Fsp3) is 0.812. The number of allylic oxidation sites excluding steroid dienone is 2. The number of hydrogen-bond donors (Lipinski definition) is 0. The molecule has 1 nitrogen and oxygen atoms in total. The molecular weight excluding hydrogens is 206 g/mol. The van der Waals surface area contributed by atoms with Gasteiger partial charge < -0.3 is 0 Å². The van der Waals surface area contributed by atoms with Crippen LogP contribution in [0.2, 0.25) is 0 Å². The summed E-state index contributed by atoms with van der Waals surface area (Å²) in [5.41, 5.74) is 0.585. The van der Waals surface area contributed by atoms with E-state index in [9.17, 15) is 0 Å². The van der Waals surface area contributed by atoms with E-state index in [1.165, 1.54) is 38.5 Å². The molecule has 0 aromatic heterocycles. The fourth-order valence-corrected chi connectivity index (χ4v) is 5.01. The first-order valence-corrected chi connectivity index (χ1v) is 7.34. The Labute approximate surface area is 105 Å². The van der Waals surface area contributed by atoms with Gasteiger partial charge in [-0.1, -0.05) is 12.2 Å². The molecule has 17 heavy (non-hydrogen) atoms. The average Bonchev–Trinajstić information content (AvgIpc) is 2.26. The molecule has 0 amide bonds. The lowest BCUT2D eigenvalue weighted by atomic mass is 9.49. The third-order valence-corrected chi connectivity index (χ3v) is 5.22. The number of nitriles is 1. The molecule has 0 aromatic rings. The predicted molar refractivity (Wildman–Crippen MR) is 69.2 cm³/mol. The van der Waals surface area contributed by atoms with E-state index in [1.54, 1.807) is 0 Å². The van der Waals surface area contributed by atoms with Crippen LogP contribution in [-0.2, 0) is 0 Å². The molecule has 4 rings (SSSR count). The van der Waals surface area contributed by atoms with Crippen molar-refractivity contribution >= 4 is 0 Å². The van der Waals surface area contributed by atoms with Crippen LogP contribution in [0.5, 0.6) is 0 Å². The maximum atomic E-state index is 8.52. The molecule has 0 spiro atoms. The Morgan fingerprint density at radius 1 is 1.06 bits per heavy atom. The summed E-state index contributed by atoms with van der Waals surface area (Å²) in [6, 6.07) is 2.23. The Morgan fingerprint density at radius 2 is 1.65 bits per heavy atom. The summed E-state index contributed by atoms with van der Waals surface area (Å²) in [7, 11) is 0. The fourth-order valence-electron chi connectivity index (χ4n) is 5.01. The van der Waals surface area contributed by atoms with Gasteiger partial charge in [0.25, 0.3) is 0 Å². The number of rotatable bonds is 4. The van der Waals surface area contributed by atoms with Crippen LogP contribution in [0.15, 0.2) is 12.2 Å². The summed E-state index contributed by atoms with van der Waals surface area (Å²) in [5, 5.41) is 8.52. The van der Waals surface area contributed by atoms with Crippen LogP contribution in [0, 0.1) is 34.5 Å². The van der Waals surface area contributed by atoms with E-state index in [-0.39, 0.29) is 0 Å². The molecule has 4 aliphatic rings. The third kappa shape index (κ3) is 2.28. The van der Waals surface area contributed by atoms with Gasteiger partial charge in [-0.3, -0.25) is 0 Å². The van der Waals surface area contributed by atoms with E-state index in [0.717, 1.165) is 30.6 Å². The highest BCUT2D eigenvalue weighted by atomic mass is 14.5. The van der Waals surface area contributed by atoms with Gasteiger partial charge in [0.15, 0.2) is 0 Å². The SMILES string of the molecule is N#CCCC/C=C/C12CC3CC(CC(C3)C1)C2. The first-order valence-electron chi connectivity index (χ1n) is 7.34. The van der Waals surface area contributed by atoms with E-state index in [2.05, 4.69) is 18.2 Å². The van der Waals surface area contributed by atoms with Gasteiger partial charge >= 0.3 is 0 Å². The maximum Gasteiger partial charge on any atom is 0.0621 e. The molecule has 4 fully saturated rings. The standard InChI is InChI=1S/C16H23N/c17-6-4-2-1-3-5-16-10-13-7-14(11-16)9-15(8-13)12-16/h3,5,13-15H,1-2,4,7-12H2/b5-3+. The third-order valence-electron chi connectivity index (χ3n) is 5.22. The van der Waals surface area contributed by atoms with Crippen molar-refractivity contribution in [2.24, 2.45) is 23.2 Å². The lowest BCUT2D eigenvalue weighted by Gasteiger charge is -2.56. The van der Waals surface area contributed by atoms with Crippen molar-refractivity contribution in [2.45, 2.75) is 57.8 Å². The van der Waals surface area contributed by atoms with Crippen molar-refractivity contribution in [1.82, 2.24) is 0 Å². The Bertz CT molecular complexity index is 312. The lowest BCUT2D eigenvalue weighted by molar-refractivity contribution is -0.0238. The van der Waals surface area contributed by atoms with E-state index < -0.39 is 0 Å². The molecular formula is C16H23N. The van der Waals surface area contributed by atoms with E-state index in [4.69, 9.17) is 5.26 Å². The summed E-state index contributed by atoms with van der Waals surface area (Å²) in [5.74, 6) is 3.14. The van der Waals surface area contributed by atoms with Gasteiger partial charge in [-0.15, -0.1) is 0 Å². The van der Waals surface area contributed by atoms with Crippen LogP contribution in [0.4, 0.5) is 0 Å². The van der Waals surface area contributed by atoms with E-state index >= 15 is 0 Å². The Morgan fingerprint density at radius 3 is 2.18 bits per heavy atom. The van der Waals surface area contributed by atoms with Crippen LogP contribution < -0.4 is 0 Å². The minimum Gasteiger partial charge on any atom is -0.198 e. The smallest absolute Gasteiger partial charge is 0.0621 e. The van der Waals surface area contributed by atoms with Crippen LogP contribution in [0.3, 0.4) is 0 Å². The van der Waals surface area contributed by atoms with Gasteiger partial charge in [-0.25, -0.2) is 0 Å². The van der Waals surface area contributed by atoms with Gasteiger partial charge in [0.1, 0.15) is 0 Å². The predicted octanol–water partition coefficient (Wildman–Crippen LogP) is 4.45. The van der Waals surface area contributed by atoms with Crippen LogP contribution in [0.25, 0.3) is 0 Å². The first-order chi connectivity index (χ1) is 8.30. The molecule has 0 unspecified atom stereocenters. The molecule has 92 valence electrons. The number of unbranched alkanes of at least 4 members (excludes halogenated alkanes) is 2. The molecule has 0 saturated heterocycles. The van der Waals surface area contributed by atoms with Gasteiger partial charge in [0.2, 0.25) is 0 Å². The Hall–Kier alpha value is -0.770. The second-order valence-electron chi connectivity index (χ2n) is 6.73.